The zero-order valence-electron chi connectivity index (χ0n) is 58.9. The number of ether oxygens (including phenoxy) is 6. The van der Waals surface area contributed by atoms with Crippen LogP contribution in [0.1, 0.15) is 284 Å². The number of hydrogen-bond acceptors (Lipinski definition) is 18. The average molecular weight is 1350 g/mol. The molecule has 1 amide bonds. The lowest BCUT2D eigenvalue weighted by Gasteiger charge is -2.48. The van der Waals surface area contributed by atoms with Crippen molar-refractivity contribution in [2.24, 2.45) is 0 Å². The van der Waals surface area contributed by atoms with Gasteiger partial charge in [-0.1, -0.05) is 280 Å². The highest BCUT2D eigenvalue weighted by Crippen LogP contribution is 2.33. The maximum absolute atomic E-state index is 13.4. The molecule has 19 heteroatoms. The van der Waals surface area contributed by atoms with Crippen molar-refractivity contribution in [3.63, 3.8) is 0 Å². The summed E-state index contributed by atoms with van der Waals surface area (Å²) < 4.78 is 34.4. The molecule has 0 saturated carbocycles. The third-order valence-corrected chi connectivity index (χ3v) is 18.8. The molecule has 0 bridgehead atoms. The van der Waals surface area contributed by atoms with Crippen molar-refractivity contribution in [1.82, 2.24) is 5.32 Å². The molecule has 0 aromatic carbocycles. The SMILES string of the molecule is CC/C=C\C/C=C\C/C=C\C/C=C\CCCCCCCCCCCCCCCCCCCCCCCCCCC(=O)NC(COC1OC(CO)C(OC2OC(CO)C(OC3OC(CO)C(O)C(O)C3O)C(O)C2O)C(O)C1O)C(O)/C=C/CCCCCCCCCCCCC. The van der Waals surface area contributed by atoms with Gasteiger partial charge in [-0.15, -0.1) is 0 Å². The zero-order chi connectivity index (χ0) is 68.9. The molecule has 0 spiro atoms. The van der Waals surface area contributed by atoms with Crippen LogP contribution in [0, 0.1) is 0 Å². The molecule has 12 N–H and O–H groups in total. The van der Waals surface area contributed by atoms with E-state index < -0.39 is 124 Å². The van der Waals surface area contributed by atoms with Crippen LogP contribution in [0.25, 0.3) is 0 Å². The van der Waals surface area contributed by atoms with Crippen LogP contribution >= 0.6 is 0 Å². The first kappa shape index (κ1) is 86.7. The van der Waals surface area contributed by atoms with E-state index in [-0.39, 0.29) is 18.9 Å². The first-order chi connectivity index (χ1) is 46.3. The Morgan fingerprint density at radius 1 is 0.389 bits per heavy atom. The Balaban J connectivity index is 1.30. The number of carbonyl (C=O) groups excluding carboxylic acids is 1. The smallest absolute Gasteiger partial charge is 0.220 e. The molecule has 19 nitrogen and oxygen atoms in total. The fraction of sp³-hybridized carbons (Fsp3) is 0.855. The molecule has 3 aliphatic rings. The van der Waals surface area contributed by atoms with Gasteiger partial charge in [0.05, 0.1) is 38.6 Å². The molecule has 3 saturated heterocycles. The standard InChI is InChI=1S/C76H137NO18/c1-3-5-7-9-11-13-15-17-18-19-20-21-22-23-24-25-26-27-28-29-30-31-32-33-34-35-36-37-38-39-40-42-44-46-48-50-52-54-64(82)77-59(60(81)53-51-49-47-45-43-41-16-14-12-10-8-6-4-2)58-90-74-70(88)67(85)72(62(56-79)92-74)95-76-71(89)68(86)73(63(57-80)93-76)94-75-69(87)66(84)65(83)61(55-78)91-75/h5,7,11,13,17-18,20-21,51,53,59-63,65-76,78-81,83-89H,3-4,6,8-10,12,14-16,19,22-50,52,54-58H2,1-2H3,(H,77,82)/b7-5-,13-11-,18-17-,21-20-,53-51+. The Morgan fingerprint density at radius 2 is 0.726 bits per heavy atom. The lowest BCUT2D eigenvalue weighted by molar-refractivity contribution is -0.379. The van der Waals surface area contributed by atoms with Gasteiger partial charge in [0.1, 0.15) is 73.2 Å². The summed E-state index contributed by atoms with van der Waals surface area (Å²) >= 11 is 0. The van der Waals surface area contributed by atoms with Crippen molar-refractivity contribution in [3.8, 4) is 0 Å². The molecule has 3 aliphatic heterocycles. The molecule has 0 aromatic rings. The summed E-state index contributed by atoms with van der Waals surface area (Å²) in [7, 11) is 0. The van der Waals surface area contributed by atoms with Gasteiger partial charge in [-0.3, -0.25) is 4.79 Å². The van der Waals surface area contributed by atoms with Crippen molar-refractivity contribution in [2.45, 2.75) is 388 Å². The molecule has 0 radical (unpaired) electrons. The van der Waals surface area contributed by atoms with Crippen LogP contribution in [0.15, 0.2) is 60.8 Å². The third kappa shape index (κ3) is 38.2. The summed E-state index contributed by atoms with van der Waals surface area (Å²) in [6.07, 6.45) is 45.2. The molecule has 95 heavy (non-hydrogen) atoms. The fourth-order valence-electron chi connectivity index (χ4n) is 12.7. The van der Waals surface area contributed by atoms with Crippen LogP contribution in [0.2, 0.25) is 0 Å². The number of amides is 1. The minimum Gasteiger partial charge on any atom is -0.394 e. The zero-order valence-corrected chi connectivity index (χ0v) is 58.9. The number of aliphatic hydroxyl groups is 11. The van der Waals surface area contributed by atoms with E-state index in [0.29, 0.717) is 6.42 Å². The fourth-order valence-corrected chi connectivity index (χ4v) is 12.7. The van der Waals surface area contributed by atoms with E-state index in [1.54, 1.807) is 6.08 Å². The van der Waals surface area contributed by atoms with Crippen LogP contribution in [0.4, 0.5) is 0 Å². The molecular formula is C76H137NO18. The van der Waals surface area contributed by atoms with Crippen molar-refractivity contribution in [3.05, 3.63) is 60.8 Å². The lowest BCUT2D eigenvalue weighted by atomic mass is 9.96. The maximum atomic E-state index is 13.4. The van der Waals surface area contributed by atoms with Gasteiger partial charge < -0.3 is 89.9 Å². The summed E-state index contributed by atoms with van der Waals surface area (Å²) in [6, 6.07) is -0.972. The molecule has 3 rings (SSSR count). The number of carbonyl (C=O) groups is 1. The highest BCUT2D eigenvalue weighted by atomic mass is 16.8. The van der Waals surface area contributed by atoms with E-state index in [2.05, 4.69) is 67.8 Å². The first-order valence-corrected chi connectivity index (χ1v) is 38.0. The lowest BCUT2D eigenvalue weighted by Crippen LogP contribution is -2.66. The Labute approximate surface area is 573 Å². The number of hydrogen-bond donors (Lipinski definition) is 12. The van der Waals surface area contributed by atoms with Gasteiger partial charge in [0, 0.05) is 6.42 Å². The largest absolute Gasteiger partial charge is 0.394 e. The second kappa shape index (κ2) is 57.2. The van der Waals surface area contributed by atoms with Crippen molar-refractivity contribution in [1.29, 1.82) is 0 Å². The van der Waals surface area contributed by atoms with E-state index in [9.17, 15) is 61.0 Å². The third-order valence-electron chi connectivity index (χ3n) is 18.8. The number of unbranched alkanes of at least 4 members (excludes halogenated alkanes) is 35. The van der Waals surface area contributed by atoms with Crippen molar-refractivity contribution in [2.75, 3.05) is 26.4 Å². The molecule has 554 valence electrons. The summed E-state index contributed by atoms with van der Waals surface area (Å²) in [6.45, 7) is 1.63. The summed E-state index contributed by atoms with van der Waals surface area (Å²) in [5.41, 5.74) is 0. The summed E-state index contributed by atoms with van der Waals surface area (Å²) in [5, 5.41) is 121. The quantitative estimate of drug-likeness (QED) is 0.0199. The predicted octanol–water partition coefficient (Wildman–Crippen LogP) is 11.5. The second-order valence-electron chi connectivity index (χ2n) is 27.1. The summed E-state index contributed by atoms with van der Waals surface area (Å²) in [4.78, 5) is 13.4. The molecular weight excluding hydrogens is 1210 g/mol. The number of allylic oxidation sites excluding steroid dienone is 9. The molecule has 3 heterocycles. The second-order valence-corrected chi connectivity index (χ2v) is 27.1. The Hall–Kier alpha value is -2.51. The first-order valence-electron chi connectivity index (χ1n) is 38.0. The number of rotatable bonds is 59. The number of nitrogens with one attached hydrogen (secondary N) is 1. The molecule has 17 atom stereocenters. The highest BCUT2D eigenvalue weighted by molar-refractivity contribution is 5.76. The molecule has 0 aliphatic carbocycles. The minimum atomic E-state index is -1.98. The molecule has 0 aromatic heterocycles. The van der Waals surface area contributed by atoms with Crippen LogP contribution in [-0.4, -0.2) is 193 Å². The van der Waals surface area contributed by atoms with Gasteiger partial charge in [-0.2, -0.15) is 0 Å². The Bertz CT molecular complexity index is 1950. The number of aliphatic hydroxyl groups excluding tert-OH is 11. The topological polar surface area (TPSA) is 307 Å². The normalized spacial score (nSPS) is 27.5. The molecule has 17 unspecified atom stereocenters. The minimum absolute atomic E-state index is 0.246. The van der Waals surface area contributed by atoms with E-state index in [0.717, 1.165) is 70.6 Å². The van der Waals surface area contributed by atoms with Crippen LogP contribution in [-0.2, 0) is 33.2 Å². The van der Waals surface area contributed by atoms with E-state index in [1.807, 2.05) is 6.08 Å². The average Bonchev–Trinajstić information content (AvgIpc) is 0.791. The maximum Gasteiger partial charge on any atom is 0.220 e. The highest BCUT2D eigenvalue weighted by Gasteiger charge is 2.53. The summed E-state index contributed by atoms with van der Waals surface area (Å²) in [5.74, 6) is -0.272. The molecule has 3 fully saturated rings. The van der Waals surface area contributed by atoms with Crippen molar-refractivity contribution < 1.29 is 89.4 Å². The van der Waals surface area contributed by atoms with E-state index >= 15 is 0 Å². The van der Waals surface area contributed by atoms with Crippen molar-refractivity contribution >= 4 is 5.91 Å². The monoisotopic (exact) mass is 1350 g/mol. The van der Waals surface area contributed by atoms with Gasteiger partial charge in [0.15, 0.2) is 18.9 Å². The Morgan fingerprint density at radius 3 is 1.14 bits per heavy atom. The van der Waals surface area contributed by atoms with Crippen LogP contribution in [0.3, 0.4) is 0 Å². The van der Waals surface area contributed by atoms with Crippen LogP contribution in [0.5, 0.6) is 0 Å². The van der Waals surface area contributed by atoms with Gasteiger partial charge in [0.2, 0.25) is 5.91 Å². The van der Waals surface area contributed by atoms with Gasteiger partial charge in [-0.25, -0.2) is 0 Å². The van der Waals surface area contributed by atoms with Gasteiger partial charge in [-0.05, 0) is 57.8 Å². The van der Waals surface area contributed by atoms with E-state index in [1.165, 1.54) is 186 Å². The van der Waals surface area contributed by atoms with E-state index in [4.69, 9.17) is 28.4 Å². The Kier molecular flexibility index (Phi) is 52.2. The predicted molar refractivity (Wildman–Crippen MR) is 374 cm³/mol. The van der Waals surface area contributed by atoms with Gasteiger partial charge >= 0.3 is 0 Å². The van der Waals surface area contributed by atoms with Crippen LogP contribution < -0.4 is 5.32 Å². The van der Waals surface area contributed by atoms with Gasteiger partial charge in [0.25, 0.3) is 0 Å².